The number of nitrogens with two attached hydrogens (primary N) is 1. The van der Waals surface area contributed by atoms with Crippen molar-refractivity contribution in [1.29, 1.82) is 0 Å². The average Bonchev–Trinajstić information content (AvgIpc) is 2.42. The van der Waals surface area contributed by atoms with Gasteiger partial charge in [0.25, 0.3) is 5.91 Å². The first-order chi connectivity index (χ1) is 9.16. The number of hydrogen-bond acceptors (Lipinski definition) is 4. The summed E-state index contributed by atoms with van der Waals surface area (Å²) in [6.45, 7) is 5.79. The minimum atomic E-state index is -0.0313. The van der Waals surface area contributed by atoms with Gasteiger partial charge in [-0.15, -0.1) is 24.8 Å². The molecule has 1 fully saturated rings. The molecule has 1 aromatic carbocycles. The molecule has 0 radical (unpaired) electrons. The van der Waals surface area contributed by atoms with E-state index in [1.165, 1.54) is 11.5 Å². The van der Waals surface area contributed by atoms with Crippen LogP contribution in [-0.4, -0.2) is 48.5 Å². The van der Waals surface area contributed by atoms with E-state index in [9.17, 15) is 4.79 Å². The molecule has 1 amide bonds. The zero-order chi connectivity index (χ0) is 13.7. The van der Waals surface area contributed by atoms with Crippen molar-refractivity contribution < 1.29 is 4.79 Å². The smallest absolute Gasteiger partial charge is 0.251 e. The summed E-state index contributed by atoms with van der Waals surface area (Å²) in [4.78, 5) is 14.5. The Kier molecular flexibility index (Phi) is 9.86. The van der Waals surface area contributed by atoms with E-state index in [0.29, 0.717) is 17.8 Å². The number of carbonyl (C=O) groups is 1. The average molecular weight is 352 g/mol. The zero-order valence-electron chi connectivity index (χ0n) is 12.1. The number of anilines is 1. The highest BCUT2D eigenvalue weighted by molar-refractivity contribution is 7.99. The van der Waals surface area contributed by atoms with E-state index >= 15 is 0 Å². The van der Waals surface area contributed by atoms with Gasteiger partial charge in [-0.25, -0.2) is 0 Å². The Morgan fingerprint density at radius 2 is 2.00 bits per heavy atom. The molecule has 0 saturated carbocycles. The van der Waals surface area contributed by atoms with Gasteiger partial charge in [0.1, 0.15) is 0 Å². The minimum Gasteiger partial charge on any atom is -0.399 e. The molecule has 2 rings (SSSR count). The van der Waals surface area contributed by atoms with E-state index in [2.05, 4.69) is 10.2 Å². The van der Waals surface area contributed by atoms with E-state index < -0.39 is 0 Å². The quantitative estimate of drug-likeness (QED) is 0.816. The Balaban J connectivity index is 0.00000200. The van der Waals surface area contributed by atoms with Gasteiger partial charge in [0.05, 0.1) is 0 Å². The molecule has 1 aromatic rings. The number of carbonyl (C=O) groups excluding carboxylic acids is 1. The lowest BCUT2D eigenvalue weighted by Gasteiger charge is -2.26. The van der Waals surface area contributed by atoms with E-state index in [1.807, 2.05) is 30.8 Å². The fourth-order valence-corrected chi connectivity index (χ4v) is 3.11. The zero-order valence-corrected chi connectivity index (χ0v) is 14.6. The van der Waals surface area contributed by atoms with Gasteiger partial charge in [-0.2, -0.15) is 11.8 Å². The molecule has 0 atom stereocenters. The van der Waals surface area contributed by atoms with Gasteiger partial charge in [-0.1, -0.05) is 6.07 Å². The molecule has 1 aliphatic rings. The van der Waals surface area contributed by atoms with Crippen molar-refractivity contribution in [2.24, 2.45) is 0 Å². The van der Waals surface area contributed by atoms with Crippen molar-refractivity contribution in [3.8, 4) is 0 Å². The van der Waals surface area contributed by atoms with Crippen LogP contribution in [0.25, 0.3) is 0 Å². The molecule has 0 bridgehead atoms. The van der Waals surface area contributed by atoms with E-state index in [0.717, 1.165) is 25.2 Å². The lowest BCUT2D eigenvalue weighted by molar-refractivity contribution is 0.0948. The van der Waals surface area contributed by atoms with Crippen LogP contribution < -0.4 is 11.1 Å². The van der Waals surface area contributed by atoms with Crippen molar-refractivity contribution in [2.75, 3.05) is 43.4 Å². The van der Waals surface area contributed by atoms with Gasteiger partial charge in [-0.05, 0) is 24.6 Å². The Morgan fingerprint density at radius 1 is 1.33 bits per heavy atom. The van der Waals surface area contributed by atoms with Gasteiger partial charge in [0.2, 0.25) is 0 Å². The monoisotopic (exact) mass is 351 g/mol. The number of rotatable bonds is 4. The van der Waals surface area contributed by atoms with Crippen LogP contribution in [0.1, 0.15) is 15.9 Å². The summed E-state index contributed by atoms with van der Waals surface area (Å²) >= 11 is 2.00. The number of nitrogens with zero attached hydrogens (tertiary/aromatic N) is 1. The van der Waals surface area contributed by atoms with Crippen molar-refractivity contribution >= 4 is 48.2 Å². The summed E-state index contributed by atoms with van der Waals surface area (Å²) in [7, 11) is 0. The Bertz CT molecular complexity index is 454. The Labute approximate surface area is 143 Å². The molecule has 0 spiro atoms. The maximum Gasteiger partial charge on any atom is 0.251 e. The number of halogens is 2. The van der Waals surface area contributed by atoms with Crippen molar-refractivity contribution in [3.05, 3.63) is 29.3 Å². The van der Waals surface area contributed by atoms with Crippen LogP contribution in [0.5, 0.6) is 0 Å². The summed E-state index contributed by atoms with van der Waals surface area (Å²) in [5, 5.41) is 2.97. The largest absolute Gasteiger partial charge is 0.399 e. The third kappa shape index (κ3) is 6.34. The van der Waals surface area contributed by atoms with Crippen molar-refractivity contribution in [1.82, 2.24) is 10.2 Å². The van der Waals surface area contributed by atoms with Crippen LogP contribution in [0.15, 0.2) is 18.2 Å². The molecule has 0 unspecified atom stereocenters. The summed E-state index contributed by atoms with van der Waals surface area (Å²) in [6, 6.07) is 5.44. The number of benzene rings is 1. The molecule has 120 valence electrons. The first-order valence-electron chi connectivity index (χ1n) is 6.61. The number of nitrogen functional groups attached to an aromatic ring is 1. The second kappa shape index (κ2) is 10.2. The highest BCUT2D eigenvalue weighted by Crippen LogP contribution is 2.12. The van der Waals surface area contributed by atoms with E-state index in [4.69, 9.17) is 5.73 Å². The third-order valence-corrected chi connectivity index (χ3v) is 4.27. The standard InChI is InChI=1S/C14H21N3OS.2ClH/c1-11-2-3-12(15)10-13(11)14(18)16-4-5-17-6-8-19-9-7-17;;/h2-3,10H,4-9,15H2,1H3,(H,16,18);2*1H. The fraction of sp³-hybridized carbons (Fsp3) is 0.500. The van der Waals surface area contributed by atoms with Crippen LogP contribution in [0, 0.1) is 6.92 Å². The SMILES string of the molecule is Cc1ccc(N)cc1C(=O)NCCN1CCSCC1.Cl.Cl. The fourth-order valence-electron chi connectivity index (χ4n) is 2.13. The molecule has 4 nitrogen and oxygen atoms in total. The van der Waals surface area contributed by atoms with E-state index in [-0.39, 0.29) is 30.7 Å². The number of hydrogen-bond donors (Lipinski definition) is 2. The summed E-state index contributed by atoms with van der Waals surface area (Å²) in [5.74, 6) is 2.36. The Morgan fingerprint density at radius 3 is 2.67 bits per heavy atom. The van der Waals surface area contributed by atoms with Crippen LogP contribution in [0.2, 0.25) is 0 Å². The first kappa shape index (κ1) is 20.4. The molecular formula is C14H23Cl2N3OS. The maximum absolute atomic E-state index is 12.1. The predicted octanol–water partition coefficient (Wildman–Crippen LogP) is 2.20. The van der Waals surface area contributed by atoms with Crippen LogP contribution in [-0.2, 0) is 0 Å². The number of aryl methyl sites for hydroxylation is 1. The lowest BCUT2D eigenvalue weighted by atomic mass is 10.1. The van der Waals surface area contributed by atoms with Gasteiger partial charge in [0.15, 0.2) is 0 Å². The van der Waals surface area contributed by atoms with Crippen molar-refractivity contribution in [3.63, 3.8) is 0 Å². The first-order valence-corrected chi connectivity index (χ1v) is 7.77. The van der Waals surface area contributed by atoms with Gasteiger partial charge in [0, 0.05) is 48.9 Å². The van der Waals surface area contributed by atoms with Crippen molar-refractivity contribution in [2.45, 2.75) is 6.92 Å². The van der Waals surface area contributed by atoms with Gasteiger partial charge < -0.3 is 11.1 Å². The normalized spacial score (nSPS) is 14.7. The second-order valence-electron chi connectivity index (χ2n) is 4.78. The molecule has 0 aromatic heterocycles. The molecule has 1 aliphatic heterocycles. The minimum absolute atomic E-state index is 0. The van der Waals surface area contributed by atoms with Crippen LogP contribution in [0.4, 0.5) is 5.69 Å². The van der Waals surface area contributed by atoms with Crippen LogP contribution in [0.3, 0.4) is 0 Å². The molecule has 3 N–H and O–H groups in total. The maximum atomic E-state index is 12.1. The lowest BCUT2D eigenvalue weighted by Crippen LogP contribution is -2.39. The highest BCUT2D eigenvalue weighted by atomic mass is 35.5. The molecule has 1 heterocycles. The van der Waals surface area contributed by atoms with Gasteiger partial charge in [-0.3, -0.25) is 9.69 Å². The predicted molar refractivity (Wildman–Crippen MR) is 96.2 cm³/mol. The molecule has 7 heteroatoms. The van der Waals surface area contributed by atoms with Crippen LogP contribution >= 0.6 is 36.6 Å². The summed E-state index contributed by atoms with van der Waals surface area (Å²) in [5.41, 5.74) is 7.98. The number of thioether (sulfide) groups is 1. The molecule has 1 saturated heterocycles. The molecule has 21 heavy (non-hydrogen) atoms. The van der Waals surface area contributed by atoms with Gasteiger partial charge >= 0.3 is 0 Å². The molecular weight excluding hydrogens is 329 g/mol. The Hall–Kier alpha value is -0.620. The topological polar surface area (TPSA) is 58.4 Å². The third-order valence-electron chi connectivity index (χ3n) is 3.32. The summed E-state index contributed by atoms with van der Waals surface area (Å²) in [6.07, 6.45) is 0. The molecule has 0 aliphatic carbocycles. The second-order valence-corrected chi connectivity index (χ2v) is 6.01. The number of amides is 1. The van der Waals surface area contributed by atoms with E-state index in [1.54, 1.807) is 6.07 Å². The highest BCUT2D eigenvalue weighted by Gasteiger charge is 2.12. The summed E-state index contributed by atoms with van der Waals surface area (Å²) < 4.78 is 0. The number of nitrogens with one attached hydrogen (secondary N) is 1.